The molecule has 17 heavy (non-hydrogen) atoms. The predicted molar refractivity (Wildman–Crippen MR) is 68.8 cm³/mol. The van der Waals surface area contributed by atoms with E-state index in [2.05, 4.69) is 44.7 Å². The van der Waals surface area contributed by atoms with E-state index in [1.807, 2.05) is 25.8 Å². The fourth-order valence-electron chi connectivity index (χ4n) is 2.01. The number of hydrogen-bond donors (Lipinski definition) is 1. The normalized spacial score (nSPS) is 12.8. The summed E-state index contributed by atoms with van der Waals surface area (Å²) in [5.41, 5.74) is 1.35. The smallest absolute Gasteiger partial charge is 0.0945 e. The van der Waals surface area contributed by atoms with Gasteiger partial charge in [-0.05, 0) is 32.5 Å². The second kappa shape index (κ2) is 5.68. The molecule has 2 aromatic rings. The zero-order valence-corrected chi connectivity index (χ0v) is 10.5. The molecule has 0 saturated carbocycles. The van der Waals surface area contributed by atoms with Crippen LogP contribution >= 0.6 is 0 Å². The highest BCUT2D eigenvalue weighted by Gasteiger charge is 2.06. The molecule has 2 rings (SSSR count). The van der Waals surface area contributed by atoms with E-state index in [0.29, 0.717) is 6.04 Å². The average Bonchev–Trinajstić information content (AvgIpc) is 2.99. The van der Waals surface area contributed by atoms with Gasteiger partial charge in [0, 0.05) is 43.4 Å². The van der Waals surface area contributed by atoms with Crippen molar-refractivity contribution in [2.24, 2.45) is 0 Å². The van der Waals surface area contributed by atoms with Crippen LogP contribution in [0.1, 0.15) is 25.1 Å². The molecule has 0 radical (unpaired) electrons. The molecule has 0 spiro atoms. The summed E-state index contributed by atoms with van der Waals surface area (Å²) in [5.74, 6) is 0. The van der Waals surface area contributed by atoms with Crippen LogP contribution in [0.25, 0.3) is 0 Å². The highest BCUT2D eigenvalue weighted by Crippen LogP contribution is 2.13. The monoisotopic (exact) mass is 232 g/mol. The van der Waals surface area contributed by atoms with Gasteiger partial charge in [0.1, 0.15) is 0 Å². The third kappa shape index (κ3) is 2.97. The molecule has 1 atom stereocenters. The first-order valence-electron chi connectivity index (χ1n) is 6.09. The van der Waals surface area contributed by atoms with Gasteiger partial charge in [-0.15, -0.1) is 0 Å². The molecule has 4 nitrogen and oxygen atoms in total. The van der Waals surface area contributed by atoms with Gasteiger partial charge in [-0.25, -0.2) is 4.98 Å². The van der Waals surface area contributed by atoms with Crippen molar-refractivity contribution in [2.45, 2.75) is 32.5 Å². The van der Waals surface area contributed by atoms with Gasteiger partial charge in [0.05, 0.1) is 6.33 Å². The van der Waals surface area contributed by atoms with Gasteiger partial charge >= 0.3 is 0 Å². The van der Waals surface area contributed by atoms with Gasteiger partial charge in [-0.1, -0.05) is 0 Å². The van der Waals surface area contributed by atoms with E-state index < -0.39 is 0 Å². The van der Waals surface area contributed by atoms with Crippen LogP contribution in [0.2, 0.25) is 0 Å². The number of rotatable bonds is 6. The van der Waals surface area contributed by atoms with Gasteiger partial charge in [0.15, 0.2) is 0 Å². The molecule has 0 bridgehead atoms. The zero-order chi connectivity index (χ0) is 12.1. The van der Waals surface area contributed by atoms with Crippen LogP contribution in [-0.4, -0.2) is 21.2 Å². The Labute approximate surface area is 102 Å². The Morgan fingerprint density at radius 1 is 1.35 bits per heavy atom. The Balaban J connectivity index is 1.88. The number of imidazole rings is 1. The van der Waals surface area contributed by atoms with Crippen LogP contribution in [0.3, 0.4) is 0 Å². The lowest BCUT2D eigenvalue weighted by atomic mass is 10.2. The van der Waals surface area contributed by atoms with E-state index in [1.165, 1.54) is 5.69 Å². The molecule has 0 amide bonds. The maximum atomic E-state index is 4.04. The first-order valence-corrected chi connectivity index (χ1v) is 6.09. The Bertz CT molecular complexity index is 430. The number of aryl methyl sites for hydroxylation is 2. The van der Waals surface area contributed by atoms with E-state index in [9.17, 15) is 0 Å². The molecule has 1 N–H and O–H groups in total. The van der Waals surface area contributed by atoms with Crippen molar-refractivity contribution in [3.63, 3.8) is 0 Å². The van der Waals surface area contributed by atoms with Crippen molar-refractivity contribution in [3.05, 3.63) is 42.7 Å². The largest absolute Gasteiger partial charge is 0.350 e. The maximum Gasteiger partial charge on any atom is 0.0945 e. The molecule has 4 heteroatoms. The Kier molecular flexibility index (Phi) is 3.98. The fourth-order valence-corrected chi connectivity index (χ4v) is 2.01. The molecule has 92 valence electrons. The van der Waals surface area contributed by atoms with Crippen molar-refractivity contribution in [1.82, 2.24) is 19.4 Å². The molecule has 0 aliphatic carbocycles. The highest BCUT2D eigenvalue weighted by molar-refractivity contribution is 5.11. The van der Waals surface area contributed by atoms with Crippen LogP contribution in [0.4, 0.5) is 0 Å². The first kappa shape index (κ1) is 11.9. The first-order chi connectivity index (χ1) is 8.31. The lowest BCUT2D eigenvalue weighted by Crippen LogP contribution is -2.17. The standard InChI is InChI=1S/C13H20N4/c1-12(14-2)13-5-3-8-17(13)9-4-7-16-10-6-15-11-16/h3,5-6,8,10-12,14H,4,7,9H2,1-2H3. The Morgan fingerprint density at radius 3 is 2.94 bits per heavy atom. The van der Waals surface area contributed by atoms with Gasteiger partial charge in [-0.2, -0.15) is 0 Å². The molecule has 2 heterocycles. The number of hydrogen-bond acceptors (Lipinski definition) is 2. The van der Waals surface area contributed by atoms with Gasteiger partial charge in [0.2, 0.25) is 0 Å². The van der Waals surface area contributed by atoms with E-state index in [-0.39, 0.29) is 0 Å². The summed E-state index contributed by atoms with van der Waals surface area (Å²) in [6.45, 7) is 4.25. The highest BCUT2D eigenvalue weighted by atomic mass is 15.0. The molecule has 0 fully saturated rings. The van der Waals surface area contributed by atoms with Crippen molar-refractivity contribution >= 4 is 0 Å². The van der Waals surface area contributed by atoms with Gasteiger partial charge in [-0.3, -0.25) is 0 Å². The molecule has 0 aromatic carbocycles. The lowest BCUT2D eigenvalue weighted by molar-refractivity contribution is 0.521. The SMILES string of the molecule is CNC(C)c1cccn1CCCn1ccnc1. The van der Waals surface area contributed by atoms with Crippen LogP contribution in [0.5, 0.6) is 0 Å². The van der Waals surface area contributed by atoms with E-state index in [0.717, 1.165) is 19.5 Å². The molecule has 0 saturated heterocycles. The molecule has 0 aliphatic rings. The summed E-state index contributed by atoms with van der Waals surface area (Å²) in [6, 6.07) is 4.69. The number of nitrogens with one attached hydrogen (secondary N) is 1. The van der Waals surface area contributed by atoms with E-state index in [4.69, 9.17) is 0 Å². The maximum absolute atomic E-state index is 4.04. The van der Waals surface area contributed by atoms with Gasteiger partial charge in [0.25, 0.3) is 0 Å². The van der Waals surface area contributed by atoms with Gasteiger partial charge < -0.3 is 14.5 Å². The Hall–Kier alpha value is -1.55. The molecule has 1 unspecified atom stereocenters. The Morgan fingerprint density at radius 2 is 2.24 bits per heavy atom. The van der Waals surface area contributed by atoms with Crippen molar-refractivity contribution < 1.29 is 0 Å². The van der Waals surface area contributed by atoms with Crippen molar-refractivity contribution in [2.75, 3.05) is 7.05 Å². The van der Waals surface area contributed by atoms with Crippen molar-refractivity contribution in [3.8, 4) is 0 Å². The van der Waals surface area contributed by atoms with E-state index in [1.54, 1.807) is 0 Å². The zero-order valence-electron chi connectivity index (χ0n) is 10.5. The summed E-state index contributed by atoms with van der Waals surface area (Å²) >= 11 is 0. The molecule has 2 aromatic heterocycles. The second-order valence-electron chi connectivity index (χ2n) is 4.29. The number of aromatic nitrogens is 3. The van der Waals surface area contributed by atoms with Crippen LogP contribution < -0.4 is 5.32 Å². The summed E-state index contributed by atoms with van der Waals surface area (Å²) in [5, 5.41) is 3.28. The summed E-state index contributed by atoms with van der Waals surface area (Å²) in [4.78, 5) is 4.04. The lowest BCUT2D eigenvalue weighted by Gasteiger charge is -2.15. The fraction of sp³-hybridized carbons (Fsp3) is 0.462. The summed E-state index contributed by atoms with van der Waals surface area (Å²) in [7, 11) is 1.99. The van der Waals surface area contributed by atoms with Crippen LogP contribution in [-0.2, 0) is 13.1 Å². The van der Waals surface area contributed by atoms with Crippen LogP contribution in [0, 0.1) is 0 Å². The summed E-state index contributed by atoms with van der Waals surface area (Å²) < 4.78 is 4.43. The van der Waals surface area contributed by atoms with Crippen LogP contribution in [0.15, 0.2) is 37.1 Å². The topological polar surface area (TPSA) is 34.8 Å². The quantitative estimate of drug-likeness (QED) is 0.827. The molecule has 0 aliphatic heterocycles. The third-order valence-corrected chi connectivity index (χ3v) is 3.12. The average molecular weight is 232 g/mol. The van der Waals surface area contributed by atoms with E-state index >= 15 is 0 Å². The summed E-state index contributed by atoms with van der Waals surface area (Å²) in [6.07, 6.45) is 8.97. The minimum absolute atomic E-state index is 0.401. The minimum atomic E-state index is 0.401. The van der Waals surface area contributed by atoms with Crippen molar-refractivity contribution in [1.29, 1.82) is 0 Å². The second-order valence-corrected chi connectivity index (χ2v) is 4.29. The number of nitrogens with zero attached hydrogens (tertiary/aromatic N) is 3. The molecular weight excluding hydrogens is 212 g/mol. The minimum Gasteiger partial charge on any atom is -0.350 e. The predicted octanol–water partition coefficient (Wildman–Crippen LogP) is 2.06. The molecular formula is C13H20N4. The third-order valence-electron chi connectivity index (χ3n) is 3.12.